The Balaban J connectivity index is 1.83. The Kier molecular flexibility index (Phi) is 9.92. The van der Waals surface area contributed by atoms with Crippen LogP contribution in [0.3, 0.4) is 0 Å². The topological polar surface area (TPSA) is 161 Å². The lowest BCUT2D eigenvalue weighted by atomic mass is 10.0. The summed E-state index contributed by atoms with van der Waals surface area (Å²) in [5, 5.41) is 25.0. The first-order chi connectivity index (χ1) is 17.6. The van der Waals surface area contributed by atoms with E-state index in [0.717, 1.165) is 28.3 Å². The Morgan fingerprint density at radius 2 is 2.03 bits per heavy atom. The number of nitro groups is 1. The molecular weight excluding hydrogens is 504 g/mol. The predicted octanol–water partition coefficient (Wildman–Crippen LogP) is 2.12. The lowest BCUT2D eigenvalue weighted by molar-refractivity contribution is -0.385. The summed E-state index contributed by atoms with van der Waals surface area (Å²) < 4.78 is 38.5. The van der Waals surface area contributed by atoms with Gasteiger partial charge in [0.1, 0.15) is 17.2 Å². The number of aliphatic hydroxyl groups is 1. The number of alkyl carbamates (subject to hydrolysis) is 1. The highest BCUT2D eigenvalue weighted by Crippen LogP contribution is 2.22. The summed E-state index contributed by atoms with van der Waals surface area (Å²) in [6.45, 7) is 4.06. The minimum Gasteiger partial charge on any atom is -0.444 e. The maximum Gasteiger partial charge on any atom is 0.407 e. The van der Waals surface area contributed by atoms with Crippen LogP contribution >= 0.6 is 0 Å². The number of ether oxygens (including phenoxy) is 2. The quantitative estimate of drug-likeness (QED) is 0.306. The number of rotatable bonds is 12. The molecule has 3 atom stereocenters. The Hall–Kier alpha value is -3.13. The zero-order valence-corrected chi connectivity index (χ0v) is 21.5. The fraction of sp³-hybridized carbons (Fsp3) is 0.500. The Morgan fingerprint density at radius 3 is 2.65 bits per heavy atom. The van der Waals surface area contributed by atoms with Crippen LogP contribution in [0.5, 0.6) is 0 Å². The molecule has 0 bridgehead atoms. The lowest BCUT2D eigenvalue weighted by Gasteiger charge is -2.30. The number of carbonyl (C=O) groups is 1. The predicted molar refractivity (Wildman–Crippen MR) is 133 cm³/mol. The largest absolute Gasteiger partial charge is 0.444 e. The average molecular weight is 537 g/mol. The van der Waals surface area contributed by atoms with E-state index in [2.05, 4.69) is 10.3 Å². The van der Waals surface area contributed by atoms with Gasteiger partial charge in [0.15, 0.2) is 0 Å². The molecule has 1 aliphatic rings. The first kappa shape index (κ1) is 28.4. The molecule has 202 valence electrons. The normalized spacial score (nSPS) is 17.5. The van der Waals surface area contributed by atoms with Gasteiger partial charge < -0.3 is 19.9 Å². The number of nitrogens with zero attached hydrogens (tertiary/aromatic N) is 3. The van der Waals surface area contributed by atoms with Crippen molar-refractivity contribution < 1.29 is 32.7 Å². The minimum absolute atomic E-state index is 0.0317. The number of pyridine rings is 1. The second-order valence-electron chi connectivity index (χ2n) is 9.25. The van der Waals surface area contributed by atoms with Crippen LogP contribution in [0, 0.1) is 16.0 Å². The molecule has 13 heteroatoms. The third-order valence-electron chi connectivity index (χ3n) is 5.73. The fourth-order valence-electron chi connectivity index (χ4n) is 3.91. The van der Waals surface area contributed by atoms with Crippen LogP contribution in [0.4, 0.5) is 10.5 Å². The van der Waals surface area contributed by atoms with Gasteiger partial charge in [-0.15, -0.1) is 0 Å². The molecule has 2 N–H and O–H groups in total. The molecule has 3 rings (SSSR count). The van der Waals surface area contributed by atoms with E-state index in [1.807, 2.05) is 30.3 Å². The molecule has 0 saturated carbocycles. The maximum atomic E-state index is 13.4. The van der Waals surface area contributed by atoms with Crippen molar-refractivity contribution in [1.82, 2.24) is 14.6 Å². The standard InChI is InChI=1S/C24H32N4O8S/c1-17(2)14-27(37(33,34)21-11-19(28(31)32)12-25-13-21)15-23(29)22(10-18-6-4-3-5-7-18)26-24(30)36-20-8-9-35-16-20/h3-7,11-13,17,20,22-23,29H,8-10,14-16H2,1-2H3,(H,26,30)/t20-,22-,23+/m0/s1. The van der Waals surface area contributed by atoms with E-state index in [4.69, 9.17) is 9.47 Å². The van der Waals surface area contributed by atoms with Crippen molar-refractivity contribution in [1.29, 1.82) is 0 Å². The van der Waals surface area contributed by atoms with E-state index in [-0.39, 0.29) is 36.9 Å². The molecule has 0 aliphatic carbocycles. The van der Waals surface area contributed by atoms with Crippen LogP contribution < -0.4 is 5.32 Å². The van der Waals surface area contributed by atoms with Crippen molar-refractivity contribution >= 4 is 21.8 Å². The van der Waals surface area contributed by atoms with Gasteiger partial charge in [0.05, 0.1) is 30.3 Å². The minimum atomic E-state index is -4.25. The molecule has 1 fully saturated rings. The molecule has 0 spiro atoms. The van der Waals surface area contributed by atoms with E-state index in [1.54, 1.807) is 13.8 Å². The molecule has 0 radical (unpaired) electrons. The van der Waals surface area contributed by atoms with Gasteiger partial charge in [-0.1, -0.05) is 44.2 Å². The maximum absolute atomic E-state index is 13.4. The van der Waals surface area contributed by atoms with Gasteiger partial charge in [-0.3, -0.25) is 15.1 Å². The molecule has 1 aromatic carbocycles. The van der Waals surface area contributed by atoms with Gasteiger partial charge >= 0.3 is 6.09 Å². The van der Waals surface area contributed by atoms with Gasteiger partial charge in [0, 0.05) is 31.8 Å². The third-order valence-corrected chi connectivity index (χ3v) is 7.53. The number of hydrogen-bond donors (Lipinski definition) is 2. The summed E-state index contributed by atoms with van der Waals surface area (Å²) in [5.74, 6) is -0.124. The van der Waals surface area contributed by atoms with Crippen LogP contribution in [-0.4, -0.2) is 78.4 Å². The highest BCUT2D eigenvalue weighted by Gasteiger charge is 2.33. The third kappa shape index (κ3) is 8.18. The van der Waals surface area contributed by atoms with Crippen LogP contribution in [0.15, 0.2) is 53.7 Å². The SMILES string of the molecule is CC(C)CN(C[C@@H](O)[C@H](Cc1ccccc1)NC(=O)O[C@H]1CCOC1)S(=O)(=O)c1cncc([N+](=O)[O-])c1. The van der Waals surface area contributed by atoms with E-state index in [9.17, 15) is 28.4 Å². The Bertz CT molecular complexity index is 1160. The number of aromatic nitrogens is 1. The van der Waals surface area contributed by atoms with Crippen LogP contribution in [0.2, 0.25) is 0 Å². The zero-order valence-electron chi connectivity index (χ0n) is 20.7. The molecule has 0 unspecified atom stereocenters. The van der Waals surface area contributed by atoms with E-state index >= 15 is 0 Å². The van der Waals surface area contributed by atoms with Crippen LogP contribution in [0.1, 0.15) is 25.8 Å². The number of nitrogens with one attached hydrogen (secondary N) is 1. The van der Waals surface area contributed by atoms with E-state index < -0.39 is 45.0 Å². The molecule has 1 aliphatic heterocycles. The van der Waals surface area contributed by atoms with Crippen molar-refractivity contribution in [2.75, 3.05) is 26.3 Å². The number of amides is 1. The highest BCUT2D eigenvalue weighted by molar-refractivity contribution is 7.89. The first-order valence-corrected chi connectivity index (χ1v) is 13.4. The summed E-state index contributed by atoms with van der Waals surface area (Å²) in [6, 6.07) is 9.17. The molecular formula is C24H32N4O8S. The number of carbonyl (C=O) groups excluding carboxylic acids is 1. The molecule has 1 saturated heterocycles. The lowest BCUT2D eigenvalue weighted by Crippen LogP contribution is -2.51. The number of hydrogen-bond acceptors (Lipinski definition) is 9. The molecule has 2 heterocycles. The monoisotopic (exact) mass is 536 g/mol. The first-order valence-electron chi connectivity index (χ1n) is 11.9. The second-order valence-corrected chi connectivity index (χ2v) is 11.2. The summed E-state index contributed by atoms with van der Waals surface area (Å²) in [6.07, 6.45) is 0.311. The summed E-state index contributed by atoms with van der Waals surface area (Å²) >= 11 is 0. The Labute approximate surface area is 215 Å². The summed E-state index contributed by atoms with van der Waals surface area (Å²) in [7, 11) is -4.25. The molecule has 2 aromatic rings. The highest BCUT2D eigenvalue weighted by atomic mass is 32.2. The second kappa shape index (κ2) is 12.9. The molecule has 1 aromatic heterocycles. The Morgan fingerprint density at radius 1 is 1.30 bits per heavy atom. The van der Waals surface area contributed by atoms with E-state index in [0.29, 0.717) is 13.0 Å². The number of aliphatic hydroxyl groups excluding tert-OH is 1. The molecule has 1 amide bonds. The molecule has 37 heavy (non-hydrogen) atoms. The smallest absolute Gasteiger partial charge is 0.407 e. The van der Waals surface area contributed by atoms with Gasteiger partial charge in [-0.25, -0.2) is 13.2 Å². The summed E-state index contributed by atoms with van der Waals surface area (Å²) in [5.41, 5.74) is 0.352. The molecule has 12 nitrogen and oxygen atoms in total. The van der Waals surface area contributed by atoms with Gasteiger partial charge in [0.25, 0.3) is 5.69 Å². The van der Waals surface area contributed by atoms with E-state index in [1.165, 1.54) is 0 Å². The zero-order chi connectivity index (χ0) is 27.0. The van der Waals surface area contributed by atoms with Crippen molar-refractivity contribution in [2.24, 2.45) is 5.92 Å². The van der Waals surface area contributed by atoms with Gasteiger partial charge in [-0.05, 0) is 17.9 Å². The number of sulfonamides is 1. The van der Waals surface area contributed by atoms with Crippen molar-refractivity contribution in [3.05, 3.63) is 64.5 Å². The van der Waals surface area contributed by atoms with Crippen molar-refractivity contribution in [2.45, 2.75) is 49.8 Å². The van der Waals surface area contributed by atoms with Crippen molar-refractivity contribution in [3.63, 3.8) is 0 Å². The van der Waals surface area contributed by atoms with Gasteiger partial charge in [0.2, 0.25) is 10.0 Å². The van der Waals surface area contributed by atoms with Gasteiger partial charge in [-0.2, -0.15) is 4.31 Å². The van der Waals surface area contributed by atoms with Crippen LogP contribution in [0.25, 0.3) is 0 Å². The number of benzene rings is 1. The van der Waals surface area contributed by atoms with Crippen molar-refractivity contribution in [3.8, 4) is 0 Å². The average Bonchev–Trinajstić information content (AvgIpc) is 3.36. The summed E-state index contributed by atoms with van der Waals surface area (Å²) in [4.78, 5) is 26.3. The van der Waals surface area contributed by atoms with Crippen LogP contribution in [-0.2, 0) is 25.9 Å². The fourth-order valence-corrected chi connectivity index (χ4v) is 5.51.